The van der Waals surface area contributed by atoms with Gasteiger partial charge >= 0.3 is 0 Å². The van der Waals surface area contributed by atoms with Crippen molar-refractivity contribution in [3.05, 3.63) is 22.7 Å². The number of benzene rings is 1. The van der Waals surface area contributed by atoms with Gasteiger partial charge in [-0.05, 0) is 49.8 Å². The lowest BCUT2D eigenvalue weighted by Gasteiger charge is -2.40. The third-order valence-corrected chi connectivity index (χ3v) is 14.6. The number of nitrogens with one attached hydrogen (secondary N) is 1. The summed E-state index contributed by atoms with van der Waals surface area (Å²) in [6.45, 7) is 16.5. The predicted octanol–water partition coefficient (Wildman–Crippen LogP) is 4.86. The van der Waals surface area contributed by atoms with E-state index in [-0.39, 0.29) is 23.0 Å². The third-order valence-electron chi connectivity index (χ3n) is 6.70. The first-order valence-corrected chi connectivity index (χ1v) is 15.9. The number of sulfonamides is 1. The first-order valence-electron chi connectivity index (χ1n) is 11.1. The molecule has 31 heavy (non-hydrogen) atoms. The second-order valence-corrected chi connectivity index (χ2v) is 17.3. The van der Waals surface area contributed by atoms with Crippen LogP contribution in [0.1, 0.15) is 41.5 Å². The van der Waals surface area contributed by atoms with Crippen molar-refractivity contribution < 1.29 is 17.6 Å². The Morgan fingerprint density at radius 2 is 1.87 bits per heavy atom. The molecule has 0 radical (unpaired) electrons. The van der Waals surface area contributed by atoms with E-state index in [9.17, 15) is 8.42 Å². The quantitative estimate of drug-likeness (QED) is 0.482. The van der Waals surface area contributed by atoms with Crippen molar-refractivity contribution >= 4 is 34.3 Å². The summed E-state index contributed by atoms with van der Waals surface area (Å²) in [5.74, 6) is 0.401. The van der Waals surface area contributed by atoms with Crippen LogP contribution < -0.4 is 10.1 Å². The first kappa shape index (κ1) is 26.8. The summed E-state index contributed by atoms with van der Waals surface area (Å²) in [6, 6.07) is 4.84. The number of rotatable bonds is 8. The Hall–Kier alpha value is -0.453. The van der Waals surface area contributed by atoms with E-state index in [2.05, 4.69) is 55.5 Å². The second kappa shape index (κ2) is 10.7. The zero-order valence-electron chi connectivity index (χ0n) is 20.1. The molecular weight excluding hydrogens is 496 g/mol. The van der Waals surface area contributed by atoms with Gasteiger partial charge in [-0.25, -0.2) is 8.42 Å². The van der Waals surface area contributed by atoms with Gasteiger partial charge in [-0.3, -0.25) is 0 Å². The van der Waals surface area contributed by atoms with Crippen molar-refractivity contribution in [2.45, 2.75) is 76.2 Å². The van der Waals surface area contributed by atoms with Crippen LogP contribution >= 0.6 is 15.9 Å². The monoisotopic (exact) mass is 534 g/mol. The Kier molecular flexibility index (Phi) is 9.21. The lowest BCUT2D eigenvalue weighted by Crippen LogP contribution is -2.51. The number of halogens is 1. The lowest BCUT2D eigenvalue weighted by atomic mass is 10.0. The Morgan fingerprint density at radius 3 is 2.42 bits per heavy atom. The molecule has 9 heteroatoms. The number of nitrogens with zero attached hydrogens (tertiary/aromatic N) is 1. The molecule has 0 bridgehead atoms. The highest BCUT2D eigenvalue weighted by Crippen LogP contribution is 2.36. The van der Waals surface area contributed by atoms with E-state index in [0.717, 1.165) is 4.47 Å². The van der Waals surface area contributed by atoms with Crippen LogP contribution in [0.4, 0.5) is 0 Å². The largest absolute Gasteiger partial charge is 0.487 e. The molecule has 1 heterocycles. The number of fused-ring (bicyclic) bond motifs is 1. The lowest BCUT2D eigenvalue weighted by molar-refractivity contribution is 0.104. The van der Waals surface area contributed by atoms with Gasteiger partial charge in [0.25, 0.3) is 0 Å². The summed E-state index contributed by atoms with van der Waals surface area (Å²) in [7, 11) is -3.84. The predicted molar refractivity (Wildman–Crippen MR) is 133 cm³/mol. The van der Waals surface area contributed by atoms with Crippen LogP contribution in [0.2, 0.25) is 17.6 Å². The molecular formula is C22H39BrN2O4SSi. The molecule has 0 fully saturated rings. The van der Waals surface area contributed by atoms with E-state index in [4.69, 9.17) is 9.16 Å². The van der Waals surface area contributed by atoms with E-state index < -0.39 is 18.3 Å². The Bertz CT molecular complexity index is 842. The summed E-state index contributed by atoms with van der Waals surface area (Å²) in [4.78, 5) is 0.211. The zero-order valence-corrected chi connectivity index (χ0v) is 23.5. The first-order chi connectivity index (χ1) is 14.3. The van der Waals surface area contributed by atoms with Gasteiger partial charge in [0.1, 0.15) is 16.7 Å². The standard InChI is InChI=1S/C22H39BrN2O4SSi/c1-15(2)31(8,16(3)4)28-14-18(6)25-13-17(5)21(12-24-7)29-20-11-19(23)9-10-22(20)30(25,26)27/h9-11,15-18,21,24H,12-14H2,1-8H3. The molecule has 178 valence electrons. The fraction of sp³-hybridized carbons (Fsp3) is 0.727. The second-order valence-electron chi connectivity index (χ2n) is 9.51. The van der Waals surface area contributed by atoms with Gasteiger partial charge in [-0.2, -0.15) is 4.31 Å². The van der Waals surface area contributed by atoms with E-state index in [1.807, 2.05) is 20.9 Å². The molecule has 0 spiro atoms. The minimum Gasteiger partial charge on any atom is -0.487 e. The van der Waals surface area contributed by atoms with Crippen LogP contribution in [0, 0.1) is 5.92 Å². The summed E-state index contributed by atoms with van der Waals surface area (Å²) in [6.07, 6.45) is -0.143. The molecule has 1 N–H and O–H groups in total. The summed E-state index contributed by atoms with van der Waals surface area (Å²) < 4.78 is 42.5. The minimum atomic E-state index is -3.74. The molecule has 1 aromatic carbocycles. The van der Waals surface area contributed by atoms with Crippen molar-refractivity contribution in [3.8, 4) is 5.75 Å². The maximum atomic E-state index is 13.7. The maximum absolute atomic E-state index is 13.7. The Balaban J connectivity index is 2.42. The molecule has 0 aromatic heterocycles. The molecule has 0 aliphatic carbocycles. The number of hydrogen-bond donors (Lipinski definition) is 1. The van der Waals surface area contributed by atoms with Gasteiger partial charge in [0.05, 0.1) is 6.61 Å². The number of hydrogen-bond acceptors (Lipinski definition) is 5. The topological polar surface area (TPSA) is 67.9 Å². The summed E-state index contributed by atoms with van der Waals surface area (Å²) >= 11 is 3.45. The average Bonchev–Trinajstić information content (AvgIpc) is 2.68. The number of likely N-dealkylation sites (N-methyl/N-ethyl adjacent to an activating group) is 1. The van der Waals surface area contributed by atoms with E-state index in [1.54, 1.807) is 22.5 Å². The fourth-order valence-electron chi connectivity index (χ4n) is 3.94. The molecule has 1 aromatic rings. The third kappa shape index (κ3) is 5.92. The van der Waals surface area contributed by atoms with Crippen molar-refractivity contribution in [3.63, 3.8) is 0 Å². The molecule has 6 nitrogen and oxygen atoms in total. The van der Waals surface area contributed by atoms with Crippen LogP contribution in [0.5, 0.6) is 5.75 Å². The van der Waals surface area contributed by atoms with Gasteiger partial charge in [-0.1, -0.05) is 50.5 Å². The van der Waals surface area contributed by atoms with Crippen LogP contribution in [0.15, 0.2) is 27.6 Å². The molecule has 0 saturated carbocycles. The summed E-state index contributed by atoms with van der Waals surface area (Å²) in [5, 5.41) is 3.17. The van der Waals surface area contributed by atoms with Gasteiger partial charge < -0.3 is 14.5 Å². The highest BCUT2D eigenvalue weighted by molar-refractivity contribution is 9.10. The SMILES string of the molecule is CNCC1Oc2cc(Br)ccc2S(=O)(=O)N(C(C)CO[Si](C)(C(C)C)C(C)C)CC1C. The molecule has 1 aliphatic rings. The molecule has 2 rings (SSSR count). The Morgan fingerprint density at radius 1 is 1.26 bits per heavy atom. The smallest absolute Gasteiger partial charge is 0.247 e. The van der Waals surface area contributed by atoms with Crippen LogP contribution in [0.25, 0.3) is 0 Å². The van der Waals surface area contributed by atoms with Crippen molar-refractivity contribution in [2.75, 3.05) is 26.7 Å². The van der Waals surface area contributed by atoms with Gasteiger partial charge in [0, 0.05) is 29.5 Å². The van der Waals surface area contributed by atoms with Crippen LogP contribution in [-0.2, 0) is 14.4 Å². The zero-order chi connectivity index (χ0) is 23.6. The van der Waals surface area contributed by atoms with Gasteiger partial charge in [0.15, 0.2) is 8.32 Å². The Labute approximate surface area is 198 Å². The van der Waals surface area contributed by atoms with E-state index in [1.165, 1.54) is 0 Å². The minimum absolute atomic E-state index is 0.00985. The highest BCUT2D eigenvalue weighted by atomic mass is 79.9. The molecule has 0 saturated heterocycles. The average molecular weight is 536 g/mol. The summed E-state index contributed by atoms with van der Waals surface area (Å²) in [5.41, 5.74) is 0.906. The van der Waals surface area contributed by atoms with Crippen molar-refractivity contribution in [1.29, 1.82) is 0 Å². The van der Waals surface area contributed by atoms with Crippen LogP contribution in [0.3, 0.4) is 0 Å². The van der Waals surface area contributed by atoms with E-state index in [0.29, 0.717) is 36.5 Å². The van der Waals surface area contributed by atoms with Crippen molar-refractivity contribution in [1.82, 2.24) is 9.62 Å². The molecule has 3 atom stereocenters. The highest BCUT2D eigenvalue weighted by Gasteiger charge is 2.41. The molecule has 1 aliphatic heterocycles. The fourth-order valence-corrected chi connectivity index (χ4v) is 8.70. The molecule has 0 amide bonds. The molecule has 3 unspecified atom stereocenters. The number of ether oxygens (including phenoxy) is 1. The van der Waals surface area contributed by atoms with Gasteiger partial charge in [0.2, 0.25) is 10.0 Å². The van der Waals surface area contributed by atoms with E-state index >= 15 is 0 Å². The van der Waals surface area contributed by atoms with Gasteiger partial charge in [-0.15, -0.1) is 0 Å². The maximum Gasteiger partial charge on any atom is 0.247 e. The normalized spacial score (nSPS) is 23.2. The van der Waals surface area contributed by atoms with Crippen LogP contribution in [-0.4, -0.2) is 59.9 Å². The van der Waals surface area contributed by atoms with Crippen molar-refractivity contribution in [2.24, 2.45) is 5.92 Å².